The molecule has 2 aromatic carbocycles. The number of fused-ring (bicyclic) bond motifs is 4. The first-order valence-corrected chi connectivity index (χ1v) is 11.8. The van der Waals surface area contributed by atoms with Crippen molar-refractivity contribution in [3.63, 3.8) is 0 Å². The van der Waals surface area contributed by atoms with Gasteiger partial charge in [0, 0.05) is 33.6 Å². The Morgan fingerprint density at radius 1 is 1.20 bits per heavy atom. The van der Waals surface area contributed by atoms with Gasteiger partial charge in [0.25, 0.3) is 0 Å². The van der Waals surface area contributed by atoms with Gasteiger partial charge in [0.1, 0.15) is 11.6 Å². The molecule has 4 aromatic rings. The molecule has 0 radical (unpaired) electrons. The summed E-state index contributed by atoms with van der Waals surface area (Å²) in [7, 11) is 0. The number of amidine groups is 1. The molecule has 2 aromatic heterocycles. The molecule has 0 aliphatic heterocycles. The van der Waals surface area contributed by atoms with Gasteiger partial charge < -0.3 is 15.5 Å². The molecule has 8 heteroatoms. The van der Waals surface area contributed by atoms with E-state index in [1.807, 2.05) is 35.1 Å². The van der Waals surface area contributed by atoms with Gasteiger partial charge in [-0.15, -0.1) is 0 Å². The average molecular weight is 472 g/mol. The highest BCUT2D eigenvalue weighted by molar-refractivity contribution is 5.97. The van der Waals surface area contributed by atoms with E-state index < -0.39 is 0 Å². The molecule has 0 fully saturated rings. The minimum atomic E-state index is -0.270. The van der Waals surface area contributed by atoms with E-state index in [2.05, 4.69) is 24.2 Å². The molecule has 2 aliphatic carbocycles. The zero-order valence-corrected chi connectivity index (χ0v) is 19.6. The summed E-state index contributed by atoms with van der Waals surface area (Å²) in [5.41, 5.74) is 12.4. The molecule has 2 heterocycles. The van der Waals surface area contributed by atoms with Gasteiger partial charge in [-0.05, 0) is 73.7 Å². The predicted octanol–water partition coefficient (Wildman–Crippen LogP) is 4.94. The summed E-state index contributed by atoms with van der Waals surface area (Å²) in [5, 5.41) is 21.3. The Morgan fingerprint density at radius 3 is 2.66 bits per heavy atom. The maximum absolute atomic E-state index is 13.7. The van der Waals surface area contributed by atoms with E-state index >= 15 is 0 Å². The number of aromatic nitrogens is 3. The van der Waals surface area contributed by atoms with E-state index in [4.69, 9.17) is 20.6 Å². The highest BCUT2D eigenvalue weighted by Crippen LogP contribution is 2.55. The Kier molecular flexibility index (Phi) is 4.81. The molecule has 178 valence electrons. The van der Waals surface area contributed by atoms with E-state index in [1.165, 1.54) is 23.4 Å². The van der Waals surface area contributed by atoms with Crippen LogP contribution in [0.25, 0.3) is 16.9 Å². The summed E-state index contributed by atoms with van der Waals surface area (Å²) >= 11 is 0. The van der Waals surface area contributed by atoms with Crippen LogP contribution in [0.3, 0.4) is 0 Å². The van der Waals surface area contributed by atoms with Crippen molar-refractivity contribution in [1.29, 1.82) is 0 Å². The van der Waals surface area contributed by atoms with Crippen LogP contribution in [0.15, 0.2) is 64.4 Å². The second-order valence-electron chi connectivity index (χ2n) is 9.87. The summed E-state index contributed by atoms with van der Waals surface area (Å²) in [6.07, 6.45) is 4.53. The Balaban J connectivity index is 1.57. The third-order valence-corrected chi connectivity index (χ3v) is 7.93. The Labute approximate surface area is 202 Å². The van der Waals surface area contributed by atoms with Crippen LogP contribution in [0.4, 0.5) is 4.39 Å². The summed E-state index contributed by atoms with van der Waals surface area (Å²) in [6, 6.07) is 14.0. The first-order chi connectivity index (χ1) is 16.9. The van der Waals surface area contributed by atoms with Gasteiger partial charge in [0.15, 0.2) is 5.84 Å². The third kappa shape index (κ3) is 3.20. The van der Waals surface area contributed by atoms with Crippen LogP contribution in [-0.2, 0) is 18.3 Å². The molecule has 0 spiro atoms. The summed E-state index contributed by atoms with van der Waals surface area (Å²) < 4.78 is 21.4. The van der Waals surface area contributed by atoms with Crippen LogP contribution in [0.1, 0.15) is 54.3 Å². The molecular weight excluding hydrogens is 445 g/mol. The number of hydrogen-bond acceptors (Lipinski definition) is 5. The van der Waals surface area contributed by atoms with Gasteiger partial charge in [-0.2, -0.15) is 5.10 Å². The molecule has 7 nitrogen and oxygen atoms in total. The predicted molar refractivity (Wildman–Crippen MR) is 129 cm³/mol. The van der Waals surface area contributed by atoms with E-state index in [0.717, 1.165) is 47.5 Å². The molecule has 3 atom stereocenters. The zero-order valence-electron chi connectivity index (χ0n) is 19.6. The molecule has 0 amide bonds. The highest BCUT2D eigenvalue weighted by atomic mass is 19.1. The van der Waals surface area contributed by atoms with E-state index in [-0.39, 0.29) is 23.0 Å². The van der Waals surface area contributed by atoms with Crippen molar-refractivity contribution in [1.82, 2.24) is 14.9 Å². The lowest BCUT2D eigenvalue weighted by atomic mass is 9.56. The third-order valence-electron chi connectivity index (χ3n) is 7.93. The largest absolute Gasteiger partial charge is 0.409 e. The average Bonchev–Trinajstić information content (AvgIpc) is 3.49. The van der Waals surface area contributed by atoms with Gasteiger partial charge in [-0.3, -0.25) is 0 Å². The van der Waals surface area contributed by atoms with Crippen LogP contribution >= 0.6 is 0 Å². The molecule has 0 saturated heterocycles. The lowest BCUT2D eigenvalue weighted by Gasteiger charge is -2.47. The van der Waals surface area contributed by atoms with E-state index in [9.17, 15) is 4.39 Å². The second-order valence-corrected chi connectivity index (χ2v) is 9.87. The maximum atomic E-state index is 13.7. The molecule has 0 unspecified atom stereocenters. The fourth-order valence-electron chi connectivity index (χ4n) is 6.30. The van der Waals surface area contributed by atoms with E-state index in [0.29, 0.717) is 11.5 Å². The van der Waals surface area contributed by atoms with Crippen molar-refractivity contribution < 1.29 is 14.1 Å². The van der Waals surface area contributed by atoms with Gasteiger partial charge in [-0.1, -0.05) is 24.2 Å². The first kappa shape index (κ1) is 21.6. The normalized spacial score (nSPS) is 23.5. The fraction of sp³-hybridized carbons (Fsp3) is 0.296. The van der Waals surface area contributed by atoms with Crippen molar-refractivity contribution >= 4 is 5.84 Å². The summed E-state index contributed by atoms with van der Waals surface area (Å²) in [4.78, 5) is 0. The molecule has 3 N–H and O–H groups in total. The van der Waals surface area contributed by atoms with Crippen molar-refractivity contribution in [3.05, 3.63) is 88.7 Å². The van der Waals surface area contributed by atoms with Crippen LogP contribution in [0.5, 0.6) is 0 Å². The molecule has 0 bridgehead atoms. The smallest absolute Gasteiger partial charge is 0.170 e. The SMILES string of the molecule is C[C@H]1c2oncc2C[C@@]2(C)c3c(c(-c4ccc(F)cc4)nn3-c3ccc(/C(N)=N/O)cc3)CC[C@H]12. The fourth-order valence-corrected chi connectivity index (χ4v) is 6.30. The number of halogens is 1. The van der Waals surface area contributed by atoms with Crippen LogP contribution < -0.4 is 5.73 Å². The Hall–Kier alpha value is -3.94. The zero-order chi connectivity index (χ0) is 24.3. The molecular formula is C27H26FN5O2. The lowest BCUT2D eigenvalue weighted by Crippen LogP contribution is -2.45. The van der Waals surface area contributed by atoms with Gasteiger partial charge in [0.05, 0.1) is 23.3 Å². The lowest BCUT2D eigenvalue weighted by molar-refractivity contribution is 0.170. The van der Waals surface area contributed by atoms with Crippen molar-refractivity contribution in [3.8, 4) is 16.9 Å². The standard InChI is InChI=1S/C27H26FN5O2/c1-15-22-12-11-21-23(16-3-7-19(28)8-4-16)31-33(20-9-5-17(6-10-20)26(29)32-34)25(21)27(22,2)13-18-14-30-35-24(15)18/h3-10,14-15,22,34H,11-13H2,1-2H3,(H2,29,32)/t15-,22-,27-/m1/s1. The van der Waals surface area contributed by atoms with Crippen molar-refractivity contribution in [2.75, 3.05) is 0 Å². The monoisotopic (exact) mass is 471 g/mol. The number of nitrogens with zero attached hydrogens (tertiary/aromatic N) is 4. The van der Waals surface area contributed by atoms with Crippen LogP contribution in [0.2, 0.25) is 0 Å². The first-order valence-electron chi connectivity index (χ1n) is 11.8. The van der Waals surface area contributed by atoms with Crippen molar-refractivity contribution in [2.45, 2.75) is 44.4 Å². The Morgan fingerprint density at radius 2 is 1.94 bits per heavy atom. The van der Waals surface area contributed by atoms with E-state index in [1.54, 1.807) is 12.1 Å². The number of oxime groups is 1. The number of benzene rings is 2. The van der Waals surface area contributed by atoms with Crippen LogP contribution in [-0.4, -0.2) is 26.0 Å². The van der Waals surface area contributed by atoms with Crippen LogP contribution in [0, 0.1) is 11.7 Å². The topological polar surface area (TPSA) is 102 Å². The Bertz CT molecular complexity index is 1440. The van der Waals surface area contributed by atoms with Crippen molar-refractivity contribution in [2.24, 2.45) is 16.8 Å². The number of rotatable bonds is 3. The molecule has 6 rings (SSSR count). The molecule has 0 saturated carbocycles. The molecule has 2 aliphatic rings. The minimum Gasteiger partial charge on any atom is -0.409 e. The van der Waals surface area contributed by atoms with Gasteiger partial charge in [0.2, 0.25) is 0 Å². The quantitative estimate of drug-likeness (QED) is 0.191. The summed E-state index contributed by atoms with van der Waals surface area (Å²) in [5.74, 6) is 1.38. The maximum Gasteiger partial charge on any atom is 0.170 e. The number of hydrogen-bond donors (Lipinski definition) is 2. The molecule has 35 heavy (non-hydrogen) atoms. The highest BCUT2D eigenvalue weighted by Gasteiger charge is 2.51. The minimum absolute atomic E-state index is 0.0548. The summed E-state index contributed by atoms with van der Waals surface area (Å²) in [6.45, 7) is 4.55. The second kappa shape index (κ2) is 7.80. The van der Waals surface area contributed by atoms with Gasteiger partial charge >= 0.3 is 0 Å². The van der Waals surface area contributed by atoms with Gasteiger partial charge in [-0.25, -0.2) is 9.07 Å². The number of nitrogens with two attached hydrogens (primary N) is 1.